The zero-order chi connectivity index (χ0) is 17.3. The molecule has 9 heteroatoms. The molecule has 6 nitrogen and oxygen atoms in total. The average molecular weight is 389 g/mol. The zero-order valence-electron chi connectivity index (χ0n) is 14.1. The number of nitrogens with zero attached hydrogens (tertiary/aromatic N) is 2. The van der Waals surface area contributed by atoms with Crippen molar-refractivity contribution < 1.29 is 12.8 Å². The lowest BCUT2D eigenvalue weighted by Crippen LogP contribution is -2.48. The fraction of sp³-hybridized carbons (Fsp3) is 0.438. The van der Waals surface area contributed by atoms with Gasteiger partial charge in [-0.15, -0.1) is 12.4 Å². The molecule has 0 radical (unpaired) electrons. The highest BCUT2D eigenvalue weighted by Crippen LogP contribution is 2.20. The van der Waals surface area contributed by atoms with Crippen LogP contribution in [0.15, 0.2) is 35.5 Å². The lowest BCUT2D eigenvalue weighted by atomic mass is 9.97. The third kappa shape index (κ3) is 4.38. The van der Waals surface area contributed by atoms with E-state index in [2.05, 4.69) is 15.1 Å². The van der Waals surface area contributed by atoms with E-state index in [1.54, 1.807) is 12.4 Å². The van der Waals surface area contributed by atoms with Crippen LogP contribution >= 0.6 is 12.4 Å². The van der Waals surface area contributed by atoms with Crippen molar-refractivity contribution >= 4 is 22.4 Å². The molecule has 0 bridgehead atoms. The largest absolute Gasteiger partial charge is 0.316 e. The summed E-state index contributed by atoms with van der Waals surface area (Å²) < 4.78 is 43.5. The van der Waals surface area contributed by atoms with Crippen LogP contribution in [0.4, 0.5) is 4.39 Å². The Kier molecular flexibility index (Phi) is 6.21. The summed E-state index contributed by atoms with van der Waals surface area (Å²) >= 11 is 0. The quantitative estimate of drug-likeness (QED) is 0.840. The van der Waals surface area contributed by atoms with Crippen molar-refractivity contribution in [2.24, 2.45) is 5.92 Å². The number of sulfonamides is 1. The van der Waals surface area contributed by atoms with Gasteiger partial charge in [-0.25, -0.2) is 22.2 Å². The molecule has 0 spiro atoms. The van der Waals surface area contributed by atoms with E-state index in [0.717, 1.165) is 24.7 Å². The summed E-state index contributed by atoms with van der Waals surface area (Å²) in [5.74, 6) is -0.441. The van der Waals surface area contributed by atoms with Gasteiger partial charge in [0.1, 0.15) is 11.5 Å². The minimum absolute atomic E-state index is 0. The third-order valence-corrected chi connectivity index (χ3v) is 5.77. The molecule has 2 aromatic rings. The number of hydrogen-bond acceptors (Lipinski definition) is 4. The second-order valence-corrected chi connectivity index (χ2v) is 7.99. The van der Waals surface area contributed by atoms with Crippen LogP contribution in [0.5, 0.6) is 0 Å². The molecule has 25 heavy (non-hydrogen) atoms. The summed E-state index contributed by atoms with van der Waals surface area (Å²) in [7, 11) is -3.76. The summed E-state index contributed by atoms with van der Waals surface area (Å²) in [6.45, 7) is 5.37. The first-order valence-electron chi connectivity index (χ1n) is 7.91. The maximum absolute atomic E-state index is 14.4. The first-order chi connectivity index (χ1) is 11.4. The molecule has 2 atom stereocenters. The predicted molar refractivity (Wildman–Crippen MR) is 96.3 cm³/mol. The van der Waals surface area contributed by atoms with E-state index in [1.165, 1.54) is 16.8 Å². The van der Waals surface area contributed by atoms with Crippen LogP contribution in [0.25, 0.3) is 5.69 Å². The zero-order valence-corrected chi connectivity index (χ0v) is 15.7. The van der Waals surface area contributed by atoms with Crippen molar-refractivity contribution in [3.05, 3.63) is 42.0 Å². The van der Waals surface area contributed by atoms with E-state index in [4.69, 9.17) is 0 Å². The molecule has 2 heterocycles. The molecule has 3 rings (SSSR count). The lowest BCUT2D eigenvalue weighted by molar-refractivity contribution is 0.328. The van der Waals surface area contributed by atoms with Crippen LogP contribution in [-0.2, 0) is 10.0 Å². The van der Waals surface area contributed by atoms with Gasteiger partial charge < -0.3 is 5.32 Å². The van der Waals surface area contributed by atoms with Crippen LogP contribution in [0, 0.1) is 18.7 Å². The molecule has 2 N–H and O–H groups in total. The van der Waals surface area contributed by atoms with Crippen LogP contribution in [0.2, 0.25) is 0 Å². The molecule has 1 aliphatic heterocycles. The van der Waals surface area contributed by atoms with E-state index in [1.807, 2.05) is 13.8 Å². The average Bonchev–Trinajstić information content (AvgIpc) is 2.95. The predicted octanol–water partition coefficient (Wildman–Crippen LogP) is 2.02. The Balaban J connectivity index is 0.00000225. The van der Waals surface area contributed by atoms with Crippen LogP contribution in [0.1, 0.15) is 18.9 Å². The number of halogens is 2. The monoisotopic (exact) mass is 388 g/mol. The van der Waals surface area contributed by atoms with Crippen molar-refractivity contribution in [3.8, 4) is 5.69 Å². The Labute approximate surface area is 153 Å². The second kappa shape index (κ2) is 7.82. The lowest BCUT2D eigenvalue weighted by Gasteiger charge is -2.29. The van der Waals surface area contributed by atoms with Gasteiger partial charge in [-0.1, -0.05) is 6.92 Å². The van der Waals surface area contributed by atoms with Crippen molar-refractivity contribution in [2.45, 2.75) is 31.2 Å². The van der Waals surface area contributed by atoms with E-state index < -0.39 is 15.8 Å². The summed E-state index contributed by atoms with van der Waals surface area (Å²) in [4.78, 5) is -0.0710. The Morgan fingerprint density at radius 2 is 2.16 bits per heavy atom. The highest BCUT2D eigenvalue weighted by Gasteiger charge is 2.27. The third-order valence-electron chi connectivity index (χ3n) is 4.28. The van der Waals surface area contributed by atoms with Crippen molar-refractivity contribution in [3.63, 3.8) is 0 Å². The van der Waals surface area contributed by atoms with Crippen LogP contribution in [-0.4, -0.2) is 37.3 Å². The fourth-order valence-electron chi connectivity index (χ4n) is 2.84. The summed E-state index contributed by atoms with van der Waals surface area (Å²) in [5, 5.41) is 7.27. The van der Waals surface area contributed by atoms with Gasteiger partial charge >= 0.3 is 0 Å². The molecule has 0 aliphatic carbocycles. The molecule has 1 fully saturated rings. The molecule has 1 aromatic carbocycles. The molecule has 1 aromatic heterocycles. The maximum atomic E-state index is 14.4. The van der Waals surface area contributed by atoms with E-state index >= 15 is 0 Å². The van der Waals surface area contributed by atoms with Gasteiger partial charge in [0.2, 0.25) is 10.0 Å². The normalized spacial score (nSPS) is 20.9. The number of hydrogen-bond donors (Lipinski definition) is 2. The summed E-state index contributed by atoms with van der Waals surface area (Å²) in [6, 6.07) is 3.74. The first-order valence-corrected chi connectivity index (χ1v) is 9.39. The number of aryl methyl sites for hydroxylation is 1. The summed E-state index contributed by atoms with van der Waals surface area (Å²) in [6.07, 6.45) is 4.01. The minimum Gasteiger partial charge on any atom is -0.316 e. The fourth-order valence-corrected chi connectivity index (χ4v) is 4.23. The van der Waals surface area contributed by atoms with Crippen molar-refractivity contribution in [2.75, 3.05) is 13.1 Å². The SMILES string of the molecule is Cc1cnn(-c2ccc(S(=O)(=O)NC3CCNCC3C)cc2F)c1.Cl. The molecule has 0 amide bonds. The van der Waals surface area contributed by atoms with Gasteiger partial charge in [0.15, 0.2) is 0 Å². The topological polar surface area (TPSA) is 76.0 Å². The molecular weight excluding hydrogens is 367 g/mol. The number of aromatic nitrogens is 2. The smallest absolute Gasteiger partial charge is 0.240 e. The maximum Gasteiger partial charge on any atom is 0.240 e. The minimum atomic E-state index is -3.76. The molecule has 1 saturated heterocycles. The van der Waals surface area contributed by atoms with Crippen LogP contribution < -0.4 is 10.0 Å². The van der Waals surface area contributed by atoms with Gasteiger partial charge in [0.25, 0.3) is 0 Å². The molecule has 2 unspecified atom stereocenters. The van der Waals surface area contributed by atoms with Gasteiger partial charge in [-0.3, -0.25) is 0 Å². The second-order valence-electron chi connectivity index (χ2n) is 6.27. The Hall–Kier alpha value is -1.48. The summed E-state index contributed by atoms with van der Waals surface area (Å²) in [5.41, 5.74) is 1.12. The van der Waals surface area contributed by atoms with Gasteiger partial charge in [0, 0.05) is 12.2 Å². The highest BCUT2D eigenvalue weighted by atomic mass is 35.5. The number of piperidine rings is 1. The first kappa shape index (κ1) is 19.8. The Bertz CT molecular complexity index is 840. The molecule has 0 saturated carbocycles. The van der Waals surface area contributed by atoms with E-state index in [-0.39, 0.29) is 34.9 Å². The number of rotatable bonds is 4. The van der Waals surface area contributed by atoms with E-state index in [9.17, 15) is 12.8 Å². The molecule has 138 valence electrons. The molecular formula is C16H22ClFN4O2S. The number of benzene rings is 1. The molecule has 1 aliphatic rings. The number of nitrogens with one attached hydrogen (secondary N) is 2. The highest BCUT2D eigenvalue weighted by molar-refractivity contribution is 7.89. The van der Waals surface area contributed by atoms with Gasteiger partial charge in [0.05, 0.1) is 11.1 Å². The van der Waals surface area contributed by atoms with Gasteiger partial charge in [-0.2, -0.15) is 5.10 Å². The van der Waals surface area contributed by atoms with Crippen molar-refractivity contribution in [1.82, 2.24) is 19.8 Å². The van der Waals surface area contributed by atoms with E-state index in [0.29, 0.717) is 6.42 Å². The Morgan fingerprint density at radius 3 is 2.76 bits per heavy atom. The Morgan fingerprint density at radius 1 is 1.40 bits per heavy atom. The standard InChI is InChI=1S/C16H21FN4O2S.ClH/c1-11-8-19-21(10-11)16-4-3-13(7-14(16)17)24(22,23)20-15-5-6-18-9-12(15)2;/h3-4,7-8,10,12,15,18,20H,5-6,9H2,1-2H3;1H. The van der Waals surface area contributed by atoms with Crippen molar-refractivity contribution in [1.29, 1.82) is 0 Å². The van der Waals surface area contributed by atoms with Crippen LogP contribution in [0.3, 0.4) is 0 Å². The van der Waals surface area contributed by atoms with Gasteiger partial charge in [-0.05, 0) is 56.1 Å².